The van der Waals surface area contributed by atoms with E-state index in [1.807, 2.05) is 48.5 Å². The fraction of sp³-hybridized carbons (Fsp3) is 0.350. The van der Waals surface area contributed by atoms with Crippen LogP contribution in [-0.2, 0) is 4.79 Å². The maximum absolute atomic E-state index is 12.1. The summed E-state index contributed by atoms with van der Waals surface area (Å²) in [7, 11) is 3.30. The molecule has 2 aromatic rings. The molecule has 1 heterocycles. The lowest BCUT2D eigenvalue weighted by molar-refractivity contribution is -0.123. The molecule has 0 bridgehead atoms. The number of ether oxygens (including phenoxy) is 2. The van der Waals surface area contributed by atoms with Gasteiger partial charge >= 0.3 is 0 Å². The van der Waals surface area contributed by atoms with Gasteiger partial charge in [-0.15, -0.1) is 0 Å². The Kier molecular flexibility index (Phi) is 5.24. The van der Waals surface area contributed by atoms with Gasteiger partial charge in [0, 0.05) is 12.6 Å². The van der Waals surface area contributed by atoms with E-state index in [1.54, 1.807) is 14.2 Å². The summed E-state index contributed by atoms with van der Waals surface area (Å²) in [5.41, 5.74) is 7.81. The Hall–Kier alpha value is -2.53. The number of methoxy groups -OCH3 is 2. The number of likely N-dealkylation sites (tertiary alicyclic amines) is 1. The van der Waals surface area contributed by atoms with Crippen molar-refractivity contribution in [2.24, 2.45) is 5.73 Å². The standard InChI is InChI=1S/C20H24N2O3/c1-24-17-10-16(11-18(12-17)25-2)15-8-9-22(13-15)19(20(21)23)14-6-4-3-5-7-14/h3-7,10-12,15,19H,8-9,13H2,1-2H3,(H2,21,23)/t15-,19-/m1/s1. The maximum Gasteiger partial charge on any atom is 0.239 e. The summed E-state index contributed by atoms with van der Waals surface area (Å²) in [6.45, 7) is 1.60. The minimum atomic E-state index is -0.390. The number of nitrogens with zero attached hydrogens (tertiary/aromatic N) is 1. The Bertz CT molecular complexity index is 711. The first kappa shape index (κ1) is 17.3. The molecule has 1 amide bonds. The summed E-state index contributed by atoms with van der Waals surface area (Å²) in [5.74, 6) is 1.56. The van der Waals surface area contributed by atoms with Gasteiger partial charge in [0.1, 0.15) is 17.5 Å². The molecule has 1 aliphatic rings. The van der Waals surface area contributed by atoms with E-state index in [2.05, 4.69) is 4.90 Å². The highest BCUT2D eigenvalue weighted by molar-refractivity contribution is 5.81. The third-order valence-corrected chi connectivity index (χ3v) is 4.81. The van der Waals surface area contributed by atoms with E-state index >= 15 is 0 Å². The Morgan fingerprint density at radius 2 is 1.76 bits per heavy atom. The molecule has 2 atom stereocenters. The van der Waals surface area contributed by atoms with Crippen LogP contribution in [0.4, 0.5) is 0 Å². The molecule has 0 unspecified atom stereocenters. The van der Waals surface area contributed by atoms with Gasteiger partial charge in [0.15, 0.2) is 0 Å². The molecule has 1 aliphatic heterocycles. The van der Waals surface area contributed by atoms with Gasteiger partial charge in [0.25, 0.3) is 0 Å². The minimum absolute atomic E-state index is 0.310. The first-order chi connectivity index (χ1) is 12.1. The van der Waals surface area contributed by atoms with Crippen LogP contribution in [0.25, 0.3) is 0 Å². The van der Waals surface area contributed by atoms with Gasteiger partial charge in [0.2, 0.25) is 5.91 Å². The molecule has 0 spiro atoms. The molecule has 132 valence electrons. The molecule has 3 rings (SSSR count). The molecule has 1 fully saturated rings. The Balaban J connectivity index is 1.82. The number of benzene rings is 2. The van der Waals surface area contributed by atoms with Crippen LogP contribution < -0.4 is 15.2 Å². The summed E-state index contributed by atoms with van der Waals surface area (Å²) < 4.78 is 10.7. The van der Waals surface area contributed by atoms with Crippen molar-refractivity contribution in [3.8, 4) is 11.5 Å². The van der Waals surface area contributed by atoms with Gasteiger partial charge in [-0.25, -0.2) is 0 Å². The molecular weight excluding hydrogens is 316 g/mol. The van der Waals surface area contributed by atoms with Gasteiger partial charge in [-0.05, 0) is 42.1 Å². The number of carbonyl (C=O) groups is 1. The summed E-state index contributed by atoms with van der Waals surface area (Å²) in [6, 6.07) is 15.3. The molecule has 2 N–H and O–H groups in total. The first-order valence-corrected chi connectivity index (χ1v) is 8.43. The molecule has 25 heavy (non-hydrogen) atoms. The Labute approximate surface area is 148 Å². The lowest BCUT2D eigenvalue weighted by Crippen LogP contribution is -2.36. The Morgan fingerprint density at radius 1 is 1.12 bits per heavy atom. The van der Waals surface area contributed by atoms with E-state index in [9.17, 15) is 4.79 Å². The highest BCUT2D eigenvalue weighted by atomic mass is 16.5. The number of amides is 1. The van der Waals surface area contributed by atoms with Crippen LogP contribution in [0.3, 0.4) is 0 Å². The summed E-state index contributed by atoms with van der Waals surface area (Å²) >= 11 is 0. The molecule has 5 heteroatoms. The zero-order chi connectivity index (χ0) is 17.8. The predicted octanol–water partition coefficient (Wildman–Crippen LogP) is 2.72. The van der Waals surface area contributed by atoms with Crippen LogP contribution in [0.15, 0.2) is 48.5 Å². The second kappa shape index (κ2) is 7.57. The minimum Gasteiger partial charge on any atom is -0.497 e. The highest BCUT2D eigenvalue weighted by Gasteiger charge is 2.33. The quantitative estimate of drug-likeness (QED) is 0.878. The van der Waals surface area contributed by atoms with Crippen molar-refractivity contribution in [3.63, 3.8) is 0 Å². The van der Waals surface area contributed by atoms with Crippen molar-refractivity contribution in [2.75, 3.05) is 27.3 Å². The van der Waals surface area contributed by atoms with E-state index in [0.29, 0.717) is 5.92 Å². The molecule has 1 saturated heterocycles. The van der Waals surface area contributed by atoms with E-state index in [0.717, 1.165) is 42.1 Å². The van der Waals surface area contributed by atoms with Crippen molar-refractivity contribution in [1.82, 2.24) is 4.90 Å². The van der Waals surface area contributed by atoms with E-state index in [1.165, 1.54) is 0 Å². The topological polar surface area (TPSA) is 64.8 Å². The number of rotatable bonds is 6. The number of hydrogen-bond acceptors (Lipinski definition) is 4. The highest BCUT2D eigenvalue weighted by Crippen LogP contribution is 2.36. The van der Waals surface area contributed by atoms with Crippen LogP contribution in [0, 0.1) is 0 Å². The van der Waals surface area contributed by atoms with Crippen molar-refractivity contribution >= 4 is 5.91 Å². The van der Waals surface area contributed by atoms with Crippen molar-refractivity contribution < 1.29 is 14.3 Å². The molecule has 5 nitrogen and oxygen atoms in total. The normalized spacial score (nSPS) is 18.7. The number of nitrogens with two attached hydrogens (primary N) is 1. The van der Waals surface area contributed by atoms with Gasteiger partial charge in [-0.2, -0.15) is 0 Å². The molecule has 2 aromatic carbocycles. The fourth-order valence-corrected chi connectivity index (χ4v) is 3.55. The fourth-order valence-electron chi connectivity index (χ4n) is 3.55. The van der Waals surface area contributed by atoms with E-state index < -0.39 is 6.04 Å². The van der Waals surface area contributed by atoms with Gasteiger partial charge in [-0.1, -0.05) is 30.3 Å². The van der Waals surface area contributed by atoms with Crippen LogP contribution in [-0.4, -0.2) is 38.1 Å². The largest absolute Gasteiger partial charge is 0.497 e. The third kappa shape index (κ3) is 3.77. The molecule has 0 aliphatic carbocycles. The predicted molar refractivity (Wildman–Crippen MR) is 96.9 cm³/mol. The average molecular weight is 340 g/mol. The maximum atomic E-state index is 12.1. The number of hydrogen-bond donors (Lipinski definition) is 1. The molecule has 0 aromatic heterocycles. The van der Waals surface area contributed by atoms with E-state index in [4.69, 9.17) is 15.2 Å². The molecular formula is C20H24N2O3. The summed E-state index contributed by atoms with van der Waals surface area (Å²) in [4.78, 5) is 14.2. The van der Waals surface area contributed by atoms with Gasteiger partial charge < -0.3 is 15.2 Å². The van der Waals surface area contributed by atoms with Crippen LogP contribution in [0.5, 0.6) is 11.5 Å². The second-order valence-electron chi connectivity index (χ2n) is 6.34. The van der Waals surface area contributed by atoms with Crippen LogP contribution >= 0.6 is 0 Å². The first-order valence-electron chi connectivity index (χ1n) is 8.43. The monoisotopic (exact) mass is 340 g/mol. The van der Waals surface area contributed by atoms with Gasteiger partial charge in [0.05, 0.1) is 14.2 Å². The van der Waals surface area contributed by atoms with Crippen LogP contribution in [0.1, 0.15) is 29.5 Å². The number of carbonyl (C=O) groups excluding carboxylic acids is 1. The van der Waals surface area contributed by atoms with Gasteiger partial charge in [-0.3, -0.25) is 9.69 Å². The van der Waals surface area contributed by atoms with E-state index in [-0.39, 0.29) is 5.91 Å². The zero-order valence-corrected chi connectivity index (χ0v) is 14.6. The average Bonchev–Trinajstić information content (AvgIpc) is 3.11. The summed E-state index contributed by atoms with van der Waals surface area (Å²) in [5, 5.41) is 0. The zero-order valence-electron chi connectivity index (χ0n) is 14.6. The third-order valence-electron chi connectivity index (χ3n) is 4.81. The Morgan fingerprint density at radius 3 is 2.32 bits per heavy atom. The van der Waals surface area contributed by atoms with Crippen molar-refractivity contribution in [2.45, 2.75) is 18.4 Å². The number of primary amides is 1. The second-order valence-corrected chi connectivity index (χ2v) is 6.34. The van der Waals surface area contributed by atoms with Crippen LogP contribution in [0.2, 0.25) is 0 Å². The summed E-state index contributed by atoms with van der Waals surface area (Å²) in [6.07, 6.45) is 0.965. The molecule has 0 radical (unpaired) electrons. The smallest absolute Gasteiger partial charge is 0.239 e. The van der Waals surface area contributed by atoms with Crippen molar-refractivity contribution in [1.29, 1.82) is 0 Å². The lowest BCUT2D eigenvalue weighted by atomic mass is 9.97. The SMILES string of the molecule is COc1cc(OC)cc([C@@H]2CCN([C@@H](C(N)=O)c3ccccc3)C2)c1. The van der Waals surface area contributed by atoms with Crippen molar-refractivity contribution in [3.05, 3.63) is 59.7 Å². The lowest BCUT2D eigenvalue weighted by Gasteiger charge is -2.25. The molecule has 0 saturated carbocycles.